The summed E-state index contributed by atoms with van der Waals surface area (Å²) < 4.78 is 0. The number of benzene rings is 1. The van der Waals surface area contributed by atoms with E-state index in [0.29, 0.717) is 28.2 Å². The summed E-state index contributed by atoms with van der Waals surface area (Å²) >= 11 is 7.57. The van der Waals surface area contributed by atoms with E-state index in [4.69, 9.17) is 11.6 Å². The first-order valence-corrected chi connectivity index (χ1v) is 9.53. The van der Waals surface area contributed by atoms with Crippen LogP contribution in [0.2, 0.25) is 5.02 Å². The molecule has 2 heterocycles. The molecule has 2 aromatic rings. The number of aliphatic carboxylic acids is 1. The summed E-state index contributed by atoms with van der Waals surface area (Å²) in [7, 11) is 0. The summed E-state index contributed by atoms with van der Waals surface area (Å²) in [6.45, 7) is 0.785. The number of hydrogen-bond donors (Lipinski definition) is 1. The number of thiazole rings is 1. The van der Waals surface area contributed by atoms with Gasteiger partial charge in [0.15, 0.2) is 0 Å². The van der Waals surface area contributed by atoms with Gasteiger partial charge in [-0.3, -0.25) is 9.59 Å². The van der Waals surface area contributed by atoms with Gasteiger partial charge in [0.1, 0.15) is 10.7 Å². The molecule has 1 aliphatic heterocycles. The van der Waals surface area contributed by atoms with E-state index < -0.39 is 11.9 Å². The first-order chi connectivity index (χ1) is 12.0. The molecule has 0 radical (unpaired) electrons. The van der Waals surface area contributed by atoms with Gasteiger partial charge in [0, 0.05) is 24.0 Å². The van der Waals surface area contributed by atoms with Crippen molar-refractivity contribution in [3.8, 4) is 10.6 Å². The van der Waals surface area contributed by atoms with Crippen LogP contribution >= 0.6 is 22.9 Å². The molecule has 0 bridgehead atoms. The number of likely N-dealkylation sites (tertiary alicyclic amines) is 1. The molecule has 1 aromatic carbocycles. The van der Waals surface area contributed by atoms with Crippen LogP contribution in [0, 0.1) is 17.8 Å². The molecule has 7 heteroatoms. The second-order valence-electron chi connectivity index (χ2n) is 6.67. The van der Waals surface area contributed by atoms with Crippen molar-refractivity contribution in [2.24, 2.45) is 17.8 Å². The highest BCUT2D eigenvalue weighted by Crippen LogP contribution is 2.44. The minimum atomic E-state index is -0.803. The second kappa shape index (κ2) is 6.42. The Balaban J connectivity index is 1.54. The SMILES string of the molecule is O=C(O)[C@H]1CN(C(=O)c2csc(-c3ccccc3Cl)n2)C[C@@H]1C1CC1. The van der Waals surface area contributed by atoms with Crippen molar-refractivity contribution in [3.05, 3.63) is 40.4 Å². The Hall–Kier alpha value is -1.92. The molecule has 4 rings (SSSR count). The van der Waals surface area contributed by atoms with Gasteiger partial charge in [0.05, 0.1) is 10.9 Å². The van der Waals surface area contributed by atoms with Crippen molar-refractivity contribution in [1.82, 2.24) is 9.88 Å². The highest BCUT2D eigenvalue weighted by molar-refractivity contribution is 7.13. The molecule has 25 heavy (non-hydrogen) atoms. The number of rotatable bonds is 4. The van der Waals surface area contributed by atoms with Gasteiger partial charge < -0.3 is 10.0 Å². The van der Waals surface area contributed by atoms with Gasteiger partial charge in [0.25, 0.3) is 5.91 Å². The molecular weight excluding hydrogens is 360 g/mol. The number of amides is 1. The maximum atomic E-state index is 12.8. The first kappa shape index (κ1) is 16.5. The average Bonchev–Trinajstić information content (AvgIpc) is 3.16. The minimum Gasteiger partial charge on any atom is -0.481 e. The summed E-state index contributed by atoms with van der Waals surface area (Å²) in [6, 6.07) is 7.38. The minimum absolute atomic E-state index is 0.0723. The number of hydrogen-bond acceptors (Lipinski definition) is 4. The number of carboxylic acid groups (broad SMARTS) is 1. The van der Waals surface area contributed by atoms with Crippen molar-refractivity contribution in [2.45, 2.75) is 12.8 Å². The number of carboxylic acids is 1. The standard InChI is InChI=1S/C18H17ClN2O3S/c19-14-4-2-1-3-11(14)16-20-15(9-25-16)17(22)21-7-12(10-5-6-10)13(8-21)18(23)24/h1-4,9-10,12-13H,5-8H2,(H,23,24)/t12-,13+/m1/s1. The van der Waals surface area contributed by atoms with E-state index in [9.17, 15) is 14.7 Å². The molecule has 1 amide bonds. The Bertz CT molecular complexity index is 833. The number of aromatic nitrogens is 1. The maximum Gasteiger partial charge on any atom is 0.308 e. The van der Waals surface area contributed by atoms with E-state index >= 15 is 0 Å². The van der Waals surface area contributed by atoms with Crippen molar-refractivity contribution in [1.29, 1.82) is 0 Å². The van der Waals surface area contributed by atoms with Gasteiger partial charge in [-0.2, -0.15) is 0 Å². The van der Waals surface area contributed by atoms with E-state index in [2.05, 4.69) is 4.98 Å². The van der Waals surface area contributed by atoms with Crippen LogP contribution in [-0.4, -0.2) is 40.0 Å². The lowest BCUT2D eigenvalue weighted by Gasteiger charge is -2.14. The van der Waals surface area contributed by atoms with Crippen LogP contribution in [0.15, 0.2) is 29.6 Å². The summed E-state index contributed by atoms with van der Waals surface area (Å²) in [5, 5.41) is 12.5. The molecule has 1 aromatic heterocycles. The van der Waals surface area contributed by atoms with Crippen LogP contribution in [-0.2, 0) is 4.79 Å². The zero-order chi connectivity index (χ0) is 17.6. The zero-order valence-corrected chi connectivity index (χ0v) is 15.0. The molecule has 5 nitrogen and oxygen atoms in total. The van der Waals surface area contributed by atoms with Gasteiger partial charge in [-0.15, -0.1) is 11.3 Å². The largest absolute Gasteiger partial charge is 0.481 e. The van der Waals surface area contributed by atoms with Crippen molar-refractivity contribution in [2.75, 3.05) is 13.1 Å². The van der Waals surface area contributed by atoms with Crippen LogP contribution in [0.4, 0.5) is 0 Å². The lowest BCUT2D eigenvalue weighted by Crippen LogP contribution is -2.30. The van der Waals surface area contributed by atoms with Crippen LogP contribution in [0.5, 0.6) is 0 Å². The summed E-state index contributed by atoms with van der Waals surface area (Å²) in [5.41, 5.74) is 1.16. The van der Waals surface area contributed by atoms with Gasteiger partial charge in [0.2, 0.25) is 0 Å². The van der Waals surface area contributed by atoms with Crippen LogP contribution in [0.25, 0.3) is 10.6 Å². The summed E-state index contributed by atoms with van der Waals surface area (Å²) in [4.78, 5) is 30.4. The van der Waals surface area contributed by atoms with Crippen LogP contribution in [0.3, 0.4) is 0 Å². The predicted octanol–water partition coefficient (Wildman–Crippen LogP) is 3.65. The van der Waals surface area contributed by atoms with Gasteiger partial charge in [-0.05, 0) is 30.7 Å². The Morgan fingerprint density at radius 1 is 1.24 bits per heavy atom. The van der Waals surface area contributed by atoms with Crippen LogP contribution < -0.4 is 0 Å². The van der Waals surface area contributed by atoms with Gasteiger partial charge in [-0.1, -0.05) is 29.8 Å². The van der Waals surface area contributed by atoms with Crippen molar-refractivity contribution in [3.63, 3.8) is 0 Å². The molecule has 130 valence electrons. The fourth-order valence-electron chi connectivity index (χ4n) is 3.55. The van der Waals surface area contributed by atoms with E-state index in [-0.39, 0.29) is 18.4 Å². The third-order valence-electron chi connectivity index (χ3n) is 5.02. The zero-order valence-electron chi connectivity index (χ0n) is 13.4. The summed E-state index contributed by atoms with van der Waals surface area (Å²) in [5.74, 6) is -0.930. The molecular formula is C18H17ClN2O3S. The number of halogens is 1. The molecule has 0 spiro atoms. The summed E-state index contributed by atoms with van der Waals surface area (Å²) in [6.07, 6.45) is 2.15. The molecule has 1 saturated carbocycles. The molecule has 1 saturated heterocycles. The third-order valence-corrected chi connectivity index (χ3v) is 6.23. The Morgan fingerprint density at radius 3 is 2.68 bits per heavy atom. The van der Waals surface area contributed by atoms with E-state index in [1.54, 1.807) is 16.3 Å². The second-order valence-corrected chi connectivity index (χ2v) is 7.94. The fourth-order valence-corrected chi connectivity index (χ4v) is 4.66. The highest BCUT2D eigenvalue weighted by Gasteiger charge is 2.47. The highest BCUT2D eigenvalue weighted by atomic mass is 35.5. The molecule has 0 unspecified atom stereocenters. The van der Waals surface area contributed by atoms with E-state index in [0.717, 1.165) is 18.4 Å². The van der Waals surface area contributed by atoms with E-state index in [1.807, 2.05) is 18.2 Å². The van der Waals surface area contributed by atoms with E-state index in [1.165, 1.54) is 11.3 Å². The quantitative estimate of drug-likeness (QED) is 0.884. The molecule has 2 fully saturated rings. The normalized spacial score (nSPS) is 23.0. The van der Waals surface area contributed by atoms with Crippen molar-refractivity contribution >= 4 is 34.8 Å². The predicted molar refractivity (Wildman–Crippen MR) is 95.8 cm³/mol. The number of carbonyl (C=O) groups is 2. The molecule has 1 aliphatic carbocycles. The molecule has 2 atom stereocenters. The Morgan fingerprint density at radius 2 is 2.00 bits per heavy atom. The average molecular weight is 377 g/mol. The molecule has 1 N–H and O–H groups in total. The number of nitrogens with zero attached hydrogens (tertiary/aromatic N) is 2. The van der Waals surface area contributed by atoms with Crippen LogP contribution in [0.1, 0.15) is 23.3 Å². The monoisotopic (exact) mass is 376 g/mol. The third kappa shape index (κ3) is 3.16. The lowest BCUT2D eigenvalue weighted by atomic mass is 9.92. The van der Waals surface area contributed by atoms with Gasteiger partial charge >= 0.3 is 5.97 Å². The Labute approximate surface area is 154 Å². The number of carbonyl (C=O) groups excluding carboxylic acids is 1. The topological polar surface area (TPSA) is 70.5 Å². The smallest absolute Gasteiger partial charge is 0.308 e. The van der Waals surface area contributed by atoms with Crippen molar-refractivity contribution < 1.29 is 14.7 Å². The van der Waals surface area contributed by atoms with Gasteiger partial charge in [-0.25, -0.2) is 4.98 Å². The lowest BCUT2D eigenvalue weighted by molar-refractivity contribution is -0.142. The first-order valence-electron chi connectivity index (χ1n) is 8.27. The maximum absolute atomic E-state index is 12.8. The Kier molecular flexibility index (Phi) is 4.25. The fraction of sp³-hybridized carbons (Fsp3) is 0.389. The molecule has 2 aliphatic rings.